The van der Waals surface area contributed by atoms with E-state index in [1.165, 1.54) is 5.57 Å². The molecule has 3 fully saturated rings. The lowest BCUT2D eigenvalue weighted by atomic mass is 9.45. The lowest BCUT2D eigenvalue weighted by Crippen LogP contribution is -2.59. The van der Waals surface area contributed by atoms with Gasteiger partial charge in [0.15, 0.2) is 6.29 Å². The van der Waals surface area contributed by atoms with Gasteiger partial charge in [-0.2, -0.15) is 0 Å². The topological polar surface area (TPSA) is 142 Å². The van der Waals surface area contributed by atoms with Crippen molar-refractivity contribution in [3.05, 3.63) is 11.6 Å². The van der Waals surface area contributed by atoms with Crippen molar-refractivity contribution in [1.29, 1.82) is 0 Å². The predicted molar refractivity (Wildman–Crippen MR) is 125 cm³/mol. The molecule has 4 rings (SSSR count). The second kappa shape index (κ2) is 9.45. The number of primary amides is 1. The number of aliphatic hydroxyl groups excluding tert-OH is 4. The van der Waals surface area contributed by atoms with Crippen LogP contribution in [0.25, 0.3) is 0 Å². The minimum absolute atomic E-state index is 0.0430. The van der Waals surface area contributed by atoms with Crippen molar-refractivity contribution in [3.63, 3.8) is 0 Å². The smallest absolute Gasteiger partial charge is 0.223 e. The molecule has 2 saturated carbocycles. The second-order valence-electron chi connectivity index (χ2n) is 12.1. The quantitative estimate of drug-likeness (QED) is 0.363. The normalized spacial score (nSPS) is 49.0. The Bertz CT molecular complexity index is 802. The molecule has 10 atom stereocenters. The number of ether oxygens (including phenoxy) is 2. The van der Waals surface area contributed by atoms with E-state index in [1.54, 1.807) is 0 Å². The zero-order valence-electron chi connectivity index (χ0n) is 20.8. The summed E-state index contributed by atoms with van der Waals surface area (Å²) >= 11 is 0. The van der Waals surface area contributed by atoms with E-state index < -0.39 is 42.7 Å². The highest BCUT2D eigenvalue weighted by molar-refractivity contribution is 5.81. The minimum Gasteiger partial charge on any atom is -0.394 e. The second-order valence-corrected chi connectivity index (χ2v) is 12.1. The standard InChI is InChI=1S/C26H43NO7/c1-24(11-12-33-22-21(31)20(30)19(29)17(14-28)34-22)10-7-16-15(13-24)5-6-18-25(16,2)8-4-9-26(18,3)23(27)32/h5,16-22,28-31H,4,6-14H2,1-3H3,(H2,27,32)/t16-,17+,18+,19+,20-,21-,22-,24-,25+,26+/m0/s1. The van der Waals surface area contributed by atoms with Crippen LogP contribution in [-0.2, 0) is 14.3 Å². The summed E-state index contributed by atoms with van der Waals surface area (Å²) in [4.78, 5) is 12.4. The number of amides is 1. The van der Waals surface area contributed by atoms with Crippen LogP contribution in [0.5, 0.6) is 0 Å². The maximum absolute atomic E-state index is 12.4. The number of hydrogen-bond donors (Lipinski definition) is 5. The Hall–Kier alpha value is -1.03. The van der Waals surface area contributed by atoms with Crippen LogP contribution in [0, 0.1) is 28.1 Å². The number of rotatable bonds is 6. The average molecular weight is 482 g/mol. The van der Waals surface area contributed by atoms with E-state index in [9.17, 15) is 25.2 Å². The Labute approximate surface area is 202 Å². The minimum atomic E-state index is -1.43. The van der Waals surface area contributed by atoms with Gasteiger partial charge in [0.1, 0.15) is 24.4 Å². The molecule has 3 aliphatic carbocycles. The Morgan fingerprint density at radius 3 is 2.56 bits per heavy atom. The molecule has 194 valence electrons. The predicted octanol–water partition coefficient (Wildman–Crippen LogP) is 1.63. The fraction of sp³-hybridized carbons (Fsp3) is 0.885. The van der Waals surface area contributed by atoms with E-state index in [-0.39, 0.29) is 16.7 Å². The molecule has 8 heteroatoms. The van der Waals surface area contributed by atoms with Crippen LogP contribution < -0.4 is 5.73 Å². The van der Waals surface area contributed by atoms with Gasteiger partial charge in [-0.25, -0.2) is 0 Å². The third-order valence-corrected chi connectivity index (χ3v) is 9.90. The number of allylic oxidation sites excluding steroid dienone is 2. The number of carbonyl (C=O) groups excluding carboxylic acids is 1. The molecule has 0 aromatic carbocycles. The van der Waals surface area contributed by atoms with Gasteiger partial charge in [0.05, 0.1) is 13.2 Å². The molecule has 1 heterocycles. The Morgan fingerprint density at radius 1 is 1.15 bits per heavy atom. The van der Waals surface area contributed by atoms with Crippen LogP contribution in [-0.4, -0.2) is 70.3 Å². The first-order valence-corrected chi connectivity index (χ1v) is 12.9. The summed E-state index contributed by atoms with van der Waals surface area (Å²) in [6.07, 6.45) is 3.98. The molecule has 0 aromatic rings. The van der Waals surface area contributed by atoms with Crippen LogP contribution in [0.4, 0.5) is 0 Å². The molecule has 0 unspecified atom stereocenters. The highest BCUT2D eigenvalue weighted by atomic mass is 16.7. The summed E-state index contributed by atoms with van der Waals surface area (Å²) in [6.45, 7) is 6.59. The number of nitrogens with two attached hydrogens (primary N) is 1. The first-order valence-electron chi connectivity index (χ1n) is 12.9. The molecule has 0 radical (unpaired) electrons. The van der Waals surface area contributed by atoms with Gasteiger partial charge in [-0.1, -0.05) is 38.8 Å². The van der Waals surface area contributed by atoms with Gasteiger partial charge < -0.3 is 35.6 Å². The first-order chi connectivity index (χ1) is 15.9. The fourth-order valence-electron chi connectivity index (χ4n) is 7.61. The zero-order valence-corrected chi connectivity index (χ0v) is 20.8. The molecule has 4 aliphatic rings. The number of fused-ring (bicyclic) bond motifs is 3. The van der Waals surface area contributed by atoms with Gasteiger partial charge in [0.2, 0.25) is 5.91 Å². The maximum atomic E-state index is 12.4. The maximum Gasteiger partial charge on any atom is 0.223 e. The molecule has 1 saturated heterocycles. The molecular formula is C26H43NO7. The number of aliphatic hydroxyl groups is 4. The molecule has 34 heavy (non-hydrogen) atoms. The Kier molecular flexibility index (Phi) is 7.24. The van der Waals surface area contributed by atoms with E-state index in [1.807, 2.05) is 0 Å². The van der Waals surface area contributed by atoms with Crippen LogP contribution in [0.15, 0.2) is 11.6 Å². The highest BCUT2D eigenvalue weighted by Gasteiger charge is 2.57. The third kappa shape index (κ3) is 4.35. The van der Waals surface area contributed by atoms with Crippen molar-refractivity contribution in [3.8, 4) is 0 Å². The SMILES string of the molecule is C[C@@]1(CCO[C@H]2O[C@H](CO)[C@@H](O)[C@H](O)[C@@H]2O)CC[C@H]2C(=CC[C@@H]3[C@]2(C)CCC[C@@]3(C)C(N)=O)C1. The van der Waals surface area contributed by atoms with Crippen molar-refractivity contribution in [2.75, 3.05) is 13.2 Å². The fourth-order valence-corrected chi connectivity index (χ4v) is 7.61. The van der Waals surface area contributed by atoms with Crippen molar-refractivity contribution < 1.29 is 34.7 Å². The van der Waals surface area contributed by atoms with Gasteiger partial charge in [0, 0.05) is 5.41 Å². The van der Waals surface area contributed by atoms with Gasteiger partial charge in [-0.05, 0) is 67.6 Å². The Morgan fingerprint density at radius 2 is 1.88 bits per heavy atom. The number of carbonyl (C=O) groups is 1. The van der Waals surface area contributed by atoms with Gasteiger partial charge in [-0.15, -0.1) is 0 Å². The van der Waals surface area contributed by atoms with Crippen molar-refractivity contribution in [2.45, 2.75) is 103 Å². The van der Waals surface area contributed by atoms with Crippen molar-refractivity contribution in [1.82, 2.24) is 0 Å². The van der Waals surface area contributed by atoms with Crippen molar-refractivity contribution >= 4 is 5.91 Å². The molecular weight excluding hydrogens is 438 g/mol. The molecule has 6 N–H and O–H groups in total. The lowest BCUT2D eigenvalue weighted by molar-refractivity contribution is -0.302. The highest BCUT2D eigenvalue weighted by Crippen LogP contribution is 2.63. The first kappa shape index (κ1) is 26.0. The van der Waals surface area contributed by atoms with Crippen LogP contribution in [0.2, 0.25) is 0 Å². The third-order valence-electron chi connectivity index (χ3n) is 9.90. The molecule has 0 spiro atoms. The summed E-state index contributed by atoms with van der Waals surface area (Å²) < 4.78 is 11.3. The van der Waals surface area contributed by atoms with Gasteiger partial charge in [-0.3, -0.25) is 4.79 Å². The summed E-state index contributed by atoms with van der Waals surface area (Å²) in [6, 6.07) is 0. The summed E-state index contributed by atoms with van der Waals surface area (Å²) in [5.74, 6) is 0.606. The molecule has 1 amide bonds. The summed E-state index contributed by atoms with van der Waals surface area (Å²) in [5, 5.41) is 39.5. The Balaban J connectivity index is 1.39. The summed E-state index contributed by atoms with van der Waals surface area (Å²) in [7, 11) is 0. The van der Waals surface area contributed by atoms with E-state index >= 15 is 0 Å². The monoisotopic (exact) mass is 481 g/mol. The van der Waals surface area contributed by atoms with Gasteiger partial charge >= 0.3 is 0 Å². The summed E-state index contributed by atoms with van der Waals surface area (Å²) in [5.41, 5.74) is 7.09. The molecule has 0 bridgehead atoms. The van der Waals surface area contributed by atoms with Crippen LogP contribution >= 0.6 is 0 Å². The van der Waals surface area contributed by atoms with E-state index in [4.69, 9.17) is 15.2 Å². The van der Waals surface area contributed by atoms with E-state index in [0.29, 0.717) is 18.4 Å². The zero-order chi connectivity index (χ0) is 24.9. The van der Waals surface area contributed by atoms with Crippen molar-refractivity contribution in [2.24, 2.45) is 33.8 Å². The average Bonchev–Trinajstić information content (AvgIpc) is 2.78. The van der Waals surface area contributed by atoms with E-state index in [0.717, 1.165) is 51.4 Å². The van der Waals surface area contributed by atoms with Crippen LogP contribution in [0.1, 0.15) is 72.1 Å². The molecule has 8 nitrogen and oxygen atoms in total. The van der Waals surface area contributed by atoms with Crippen LogP contribution in [0.3, 0.4) is 0 Å². The van der Waals surface area contributed by atoms with Gasteiger partial charge in [0.25, 0.3) is 0 Å². The lowest BCUT2D eigenvalue weighted by Gasteiger charge is -2.59. The number of hydrogen-bond acceptors (Lipinski definition) is 7. The molecule has 1 aliphatic heterocycles. The van der Waals surface area contributed by atoms with E-state index in [2.05, 4.69) is 26.8 Å². The molecule has 0 aromatic heterocycles. The largest absolute Gasteiger partial charge is 0.394 e.